The standard InChI is InChI=1S/C21H22F3NO3/c1-20(2,15-5-3-6-16(12-15)21(22,23)24)13-25-19(26)14-7-8-17-18(11-14)28-10-4-9-27-17/h3,5-8,11-12H,4,9-10,13H2,1-2H3,(H,25,26). The summed E-state index contributed by atoms with van der Waals surface area (Å²) in [4.78, 5) is 12.5. The van der Waals surface area contributed by atoms with Crippen molar-refractivity contribution in [2.75, 3.05) is 19.8 Å². The zero-order chi connectivity index (χ0) is 20.4. The minimum atomic E-state index is -4.40. The maximum Gasteiger partial charge on any atom is 0.416 e. The molecule has 1 amide bonds. The lowest BCUT2D eigenvalue weighted by Crippen LogP contribution is -2.36. The third-order valence-electron chi connectivity index (χ3n) is 4.67. The highest BCUT2D eigenvalue weighted by Crippen LogP contribution is 2.33. The molecule has 1 aliphatic rings. The van der Waals surface area contributed by atoms with Crippen LogP contribution in [0.3, 0.4) is 0 Å². The van der Waals surface area contributed by atoms with Gasteiger partial charge >= 0.3 is 6.18 Å². The third kappa shape index (κ3) is 4.58. The molecule has 0 unspecified atom stereocenters. The summed E-state index contributed by atoms with van der Waals surface area (Å²) in [6, 6.07) is 10.1. The fourth-order valence-electron chi connectivity index (χ4n) is 2.93. The van der Waals surface area contributed by atoms with E-state index in [1.54, 1.807) is 38.1 Å². The Bertz CT molecular complexity index is 862. The predicted octanol–water partition coefficient (Wildman–Crippen LogP) is 4.57. The summed E-state index contributed by atoms with van der Waals surface area (Å²) in [6.45, 7) is 4.83. The van der Waals surface area contributed by atoms with Gasteiger partial charge < -0.3 is 14.8 Å². The predicted molar refractivity (Wildman–Crippen MR) is 98.9 cm³/mol. The van der Waals surface area contributed by atoms with E-state index >= 15 is 0 Å². The molecule has 0 atom stereocenters. The van der Waals surface area contributed by atoms with Crippen molar-refractivity contribution < 1.29 is 27.4 Å². The summed E-state index contributed by atoms with van der Waals surface area (Å²) < 4.78 is 50.0. The van der Waals surface area contributed by atoms with Crippen LogP contribution in [0, 0.1) is 0 Å². The molecule has 3 rings (SSSR count). The largest absolute Gasteiger partial charge is 0.490 e. The molecule has 0 radical (unpaired) electrons. The Morgan fingerprint density at radius 1 is 1.00 bits per heavy atom. The number of amides is 1. The topological polar surface area (TPSA) is 47.6 Å². The summed E-state index contributed by atoms with van der Waals surface area (Å²) in [5.41, 5.74) is -0.472. The fraction of sp³-hybridized carbons (Fsp3) is 0.381. The van der Waals surface area contributed by atoms with Crippen LogP contribution in [0.2, 0.25) is 0 Å². The molecule has 0 spiro atoms. The lowest BCUT2D eigenvalue weighted by molar-refractivity contribution is -0.137. The van der Waals surface area contributed by atoms with Gasteiger partial charge in [0.05, 0.1) is 18.8 Å². The Kier molecular flexibility index (Phi) is 5.54. The van der Waals surface area contributed by atoms with E-state index in [0.717, 1.165) is 18.6 Å². The first kappa shape index (κ1) is 20.0. The molecule has 1 N–H and O–H groups in total. The number of fused-ring (bicyclic) bond motifs is 1. The molecular weight excluding hydrogens is 371 g/mol. The Balaban J connectivity index is 1.71. The monoisotopic (exact) mass is 393 g/mol. The van der Waals surface area contributed by atoms with E-state index in [-0.39, 0.29) is 12.5 Å². The average molecular weight is 393 g/mol. The highest BCUT2D eigenvalue weighted by molar-refractivity contribution is 5.95. The highest BCUT2D eigenvalue weighted by atomic mass is 19.4. The van der Waals surface area contributed by atoms with Crippen molar-refractivity contribution in [2.24, 2.45) is 0 Å². The van der Waals surface area contributed by atoms with E-state index in [2.05, 4.69) is 5.32 Å². The lowest BCUT2D eigenvalue weighted by Gasteiger charge is -2.26. The molecule has 7 heteroatoms. The molecule has 0 saturated carbocycles. The van der Waals surface area contributed by atoms with Gasteiger partial charge in [-0.05, 0) is 29.8 Å². The lowest BCUT2D eigenvalue weighted by atomic mass is 9.83. The SMILES string of the molecule is CC(C)(CNC(=O)c1ccc2c(c1)OCCCO2)c1cccc(C(F)(F)F)c1. The highest BCUT2D eigenvalue weighted by Gasteiger charge is 2.32. The van der Waals surface area contributed by atoms with Gasteiger partial charge in [-0.3, -0.25) is 4.79 Å². The number of ether oxygens (including phenoxy) is 2. The van der Waals surface area contributed by atoms with E-state index in [0.29, 0.717) is 35.8 Å². The maximum atomic E-state index is 13.0. The third-order valence-corrected chi connectivity index (χ3v) is 4.67. The number of benzene rings is 2. The molecule has 0 bridgehead atoms. The molecule has 0 aromatic heterocycles. The molecular formula is C21H22F3NO3. The molecule has 1 heterocycles. The van der Waals surface area contributed by atoms with Gasteiger partial charge in [-0.2, -0.15) is 13.2 Å². The smallest absolute Gasteiger partial charge is 0.416 e. The summed E-state index contributed by atoms with van der Waals surface area (Å²) in [7, 11) is 0. The molecule has 0 saturated heterocycles. The van der Waals surface area contributed by atoms with Crippen LogP contribution in [-0.4, -0.2) is 25.7 Å². The number of nitrogens with one attached hydrogen (secondary N) is 1. The number of halogens is 3. The van der Waals surface area contributed by atoms with Crippen molar-refractivity contribution >= 4 is 5.91 Å². The maximum absolute atomic E-state index is 13.0. The summed E-state index contributed by atoms with van der Waals surface area (Å²) >= 11 is 0. The molecule has 2 aromatic rings. The second-order valence-electron chi connectivity index (χ2n) is 7.36. The number of alkyl halides is 3. The van der Waals surface area contributed by atoms with Gasteiger partial charge in [0.15, 0.2) is 11.5 Å². The molecule has 0 aliphatic carbocycles. The second kappa shape index (κ2) is 7.73. The van der Waals surface area contributed by atoms with E-state index < -0.39 is 17.2 Å². The second-order valence-corrected chi connectivity index (χ2v) is 7.36. The summed E-state index contributed by atoms with van der Waals surface area (Å²) in [6.07, 6.45) is -3.64. The zero-order valence-corrected chi connectivity index (χ0v) is 15.7. The minimum Gasteiger partial charge on any atom is -0.490 e. The first-order chi connectivity index (χ1) is 13.2. The molecule has 2 aromatic carbocycles. The van der Waals surface area contributed by atoms with Crippen LogP contribution in [0.1, 0.15) is 41.8 Å². The normalized spacial score (nSPS) is 14.3. The average Bonchev–Trinajstić information content (AvgIpc) is 2.90. The van der Waals surface area contributed by atoms with Crippen molar-refractivity contribution in [2.45, 2.75) is 31.9 Å². The first-order valence-corrected chi connectivity index (χ1v) is 9.02. The van der Waals surface area contributed by atoms with Crippen LogP contribution in [0.15, 0.2) is 42.5 Å². The number of rotatable bonds is 4. The number of carbonyl (C=O) groups excluding carboxylic acids is 1. The quantitative estimate of drug-likeness (QED) is 0.828. The van der Waals surface area contributed by atoms with Crippen LogP contribution in [0.25, 0.3) is 0 Å². The van der Waals surface area contributed by atoms with Gasteiger partial charge in [-0.25, -0.2) is 0 Å². The van der Waals surface area contributed by atoms with Crippen LogP contribution in [0.4, 0.5) is 13.2 Å². The van der Waals surface area contributed by atoms with Crippen molar-refractivity contribution in [1.82, 2.24) is 5.32 Å². The first-order valence-electron chi connectivity index (χ1n) is 9.02. The Hall–Kier alpha value is -2.70. The van der Waals surface area contributed by atoms with E-state index in [4.69, 9.17) is 9.47 Å². The van der Waals surface area contributed by atoms with Gasteiger partial charge in [0, 0.05) is 23.9 Å². The van der Waals surface area contributed by atoms with Gasteiger partial charge in [-0.1, -0.05) is 32.0 Å². The van der Waals surface area contributed by atoms with Crippen LogP contribution in [-0.2, 0) is 11.6 Å². The van der Waals surface area contributed by atoms with Crippen molar-refractivity contribution in [3.05, 3.63) is 59.2 Å². The Labute approximate surface area is 161 Å². The van der Waals surface area contributed by atoms with Gasteiger partial charge in [-0.15, -0.1) is 0 Å². The van der Waals surface area contributed by atoms with Crippen molar-refractivity contribution in [1.29, 1.82) is 0 Å². The molecule has 4 nitrogen and oxygen atoms in total. The van der Waals surface area contributed by atoms with Crippen molar-refractivity contribution in [3.63, 3.8) is 0 Å². The van der Waals surface area contributed by atoms with Gasteiger partial charge in [0.2, 0.25) is 0 Å². The van der Waals surface area contributed by atoms with E-state index in [1.165, 1.54) is 6.07 Å². The minimum absolute atomic E-state index is 0.182. The molecule has 28 heavy (non-hydrogen) atoms. The van der Waals surface area contributed by atoms with Gasteiger partial charge in [0.1, 0.15) is 0 Å². The van der Waals surface area contributed by atoms with E-state index in [9.17, 15) is 18.0 Å². The zero-order valence-electron chi connectivity index (χ0n) is 15.7. The number of hydrogen-bond donors (Lipinski definition) is 1. The van der Waals surface area contributed by atoms with E-state index in [1.807, 2.05) is 0 Å². The number of carbonyl (C=O) groups is 1. The molecule has 150 valence electrons. The van der Waals surface area contributed by atoms with Gasteiger partial charge in [0.25, 0.3) is 5.91 Å². The summed E-state index contributed by atoms with van der Waals surface area (Å²) in [5, 5.41) is 2.80. The fourth-order valence-corrected chi connectivity index (χ4v) is 2.93. The Morgan fingerprint density at radius 3 is 2.39 bits per heavy atom. The molecule has 1 aliphatic heterocycles. The molecule has 0 fully saturated rings. The van der Waals surface area contributed by atoms with Crippen molar-refractivity contribution in [3.8, 4) is 11.5 Å². The van der Waals surface area contributed by atoms with Crippen LogP contribution < -0.4 is 14.8 Å². The Morgan fingerprint density at radius 2 is 1.68 bits per heavy atom. The summed E-state index contributed by atoms with van der Waals surface area (Å²) in [5.74, 6) is 0.788. The van der Waals surface area contributed by atoms with Crippen LogP contribution >= 0.6 is 0 Å². The number of hydrogen-bond acceptors (Lipinski definition) is 3. The van der Waals surface area contributed by atoms with Crippen LogP contribution in [0.5, 0.6) is 11.5 Å².